The second-order valence-corrected chi connectivity index (χ2v) is 5.46. The van der Waals surface area contributed by atoms with E-state index in [0.29, 0.717) is 5.69 Å². The fraction of sp³-hybridized carbons (Fsp3) is 0.167. The van der Waals surface area contributed by atoms with E-state index in [9.17, 15) is 9.59 Å². The molecule has 2 aromatic heterocycles. The summed E-state index contributed by atoms with van der Waals surface area (Å²) in [5.74, 6) is -0.719. The van der Waals surface area contributed by atoms with Crippen molar-refractivity contribution in [3.8, 4) is 0 Å². The van der Waals surface area contributed by atoms with E-state index >= 15 is 0 Å². The Bertz CT molecular complexity index is 942. The van der Waals surface area contributed by atoms with Crippen LogP contribution in [0.4, 0.5) is 0 Å². The van der Waals surface area contributed by atoms with Crippen molar-refractivity contribution in [1.29, 1.82) is 0 Å². The largest absolute Gasteiger partial charge is 0.353 e. The van der Waals surface area contributed by atoms with Gasteiger partial charge in [-0.25, -0.2) is 0 Å². The van der Waals surface area contributed by atoms with Crippen molar-refractivity contribution in [1.82, 2.24) is 14.9 Å². The SMILES string of the molecule is CC(=O)N(CCN)C(=O)/C=C/c1cc2c(cn1)[nH]c1ccccc12. The minimum Gasteiger partial charge on any atom is -0.353 e. The molecule has 122 valence electrons. The lowest BCUT2D eigenvalue weighted by atomic mass is 10.1. The van der Waals surface area contributed by atoms with Crippen LogP contribution in [0.5, 0.6) is 0 Å². The molecule has 0 saturated carbocycles. The molecule has 0 aliphatic rings. The highest BCUT2D eigenvalue weighted by Crippen LogP contribution is 2.25. The second-order valence-electron chi connectivity index (χ2n) is 5.46. The van der Waals surface area contributed by atoms with E-state index in [1.54, 1.807) is 12.3 Å². The summed E-state index contributed by atoms with van der Waals surface area (Å²) >= 11 is 0. The Balaban J connectivity index is 1.90. The van der Waals surface area contributed by atoms with Gasteiger partial charge in [-0.3, -0.25) is 19.5 Å². The number of carbonyl (C=O) groups is 2. The molecule has 1 aromatic carbocycles. The zero-order chi connectivity index (χ0) is 17.1. The predicted octanol–water partition coefficient (Wildman–Crippen LogP) is 2.06. The lowest BCUT2D eigenvalue weighted by Gasteiger charge is -2.15. The standard InChI is InChI=1S/C18H18N4O2/c1-12(23)22(9-8-19)18(24)7-6-13-10-15-14-4-2-3-5-16(14)21-17(15)11-20-13/h2-7,10-11,21H,8-9,19H2,1H3/b7-6+. The first kappa shape index (κ1) is 15.9. The third-order valence-electron chi connectivity index (χ3n) is 3.81. The Morgan fingerprint density at radius 2 is 2.04 bits per heavy atom. The van der Waals surface area contributed by atoms with Crippen LogP contribution in [0.15, 0.2) is 42.6 Å². The van der Waals surface area contributed by atoms with E-state index in [0.717, 1.165) is 26.7 Å². The van der Waals surface area contributed by atoms with Crippen LogP contribution in [0.2, 0.25) is 0 Å². The van der Waals surface area contributed by atoms with Crippen LogP contribution in [0.1, 0.15) is 12.6 Å². The second kappa shape index (κ2) is 6.64. The molecule has 6 heteroatoms. The van der Waals surface area contributed by atoms with Crippen molar-refractivity contribution in [2.45, 2.75) is 6.92 Å². The number of aromatic amines is 1. The Labute approximate surface area is 139 Å². The number of fused-ring (bicyclic) bond motifs is 3. The molecule has 3 N–H and O–H groups in total. The number of amides is 2. The van der Waals surface area contributed by atoms with Crippen LogP contribution >= 0.6 is 0 Å². The van der Waals surface area contributed by atoms with E-state index in [2.05, 4.69) is 9.97 Å². The van der Waals surface area contributed by atoms with E-state index in [1.165, 1.54) is 13.0 Å². The molecule has 0 atom stereocenters. The van der Waals surface area contributed by atoms with Crippen LogP contribution in [-0.2, 0) is 9.59 Å². The Morgan fingerprint density at radius 1 is 1.25 bits per heavy atom. The molecule has 0 fully saturated rings. The molecule has 0 unspecified atom stereocenters. The molecule has 24 heavy (non-hydrogen) atoms. The maximum atomic E-state index is 12.1. The summed E-state index contributed by atoms with van der Waals surface area (Å²) in [6, 6.07) is 9.90. The number of carbonyl (C=O) groups excluding carboxylic acids is 2. The normalized spacial score (nSPS) is 11.4. The first-order chi connectivity index (χ1) is 11.6. The first-order valence-electron chi connectivity index (χ1n) is 7.67. The molecule has 6 nitrogen and oxygen atoms in total. The number of imide groups is 1. The van der Waals surface area contributed by atoms with Crippen molar-refractivity contribution < 1.29 is 9.59 Å². The van der Waals surface area contributed by atoms with Crippen LogP contribution in [0.3, 0.4) is 0 Å². The van der Waals surface area contributed by atoms with Gasteiger partial charge in [-0.1, -0.05) is 18.2 Å². The number of nitrogens with zero attached hydrogens (tertiary/aromatic N) is 2. The average Bonchev–Trinajstić information content (AvgIpc) is 2.95. The van der Waals surface area contributed by atoms with Crippen molar-refractivity contribution >= 4 is 39.7 Å². The Hall–Kier alpha value is -2.99. The molecule has 0 aliphatic carbocycles. The lowest BCUT2D eigenvalue weighted by molar-refractivity contribution is -0.140. The number of aromatic nitrogens is 2. The predicted molar refractivity (Wildman–Crippen MR) is 94.1 cm³/mol. The molecule has 0 saturated heterocycles. The van der Waals surface area contributed by atoms with Gasteiger partial charge >= 0.3 is 0 Å². The van der Waals surface area contributed by atoms with E-state index < -0.39 is 5.91 Å². The highest BCUT2D eigenvalue weighted by molar-refractivity contribution is 6.07. The number of hydrogen-bond acceptors (Lipinski definition) is 4. The summed E-state index contributed by atoms with van der Waals surface area (Å²) in [5.41, 5.74) is 8.06. The quantitative estimate of drug-likeness (QED) is 0.719. The van der Waals surface area contributed by atoms with Crippen molar-refractivity contribution in [3.05, 3.63) is 48.3 Å². The fourth-order valence-corrected chi connectivity index (χ4v) is 2.66. The number of pyridine rings is 1. The highest BCUT2D eigenvalue weighted by atomic mass is 16.2. The van der Waals surface area contributed by atoms with Crippen LogP contribution in [0.25, 0.3) is 27.9 Å². The van der Waals surface area contributed by atoms with Gasteiger partial charge in [0.2, 0.25) is 5.91 Å². The zero-order valence-corrected chi connectivity index (χ0v) is 13.3. The first-order valence-corrected chi connectivity index (χ1v) is 7.67. The molecule has 0 radical (unpaired) electrons. The third kappa shape index (κ3) is 3.04. The van der Waals surface area contributed by atoms with Gasteiger partial charge in [-0.15, -0.1) is 0 Å². The van der Waals surface area contributed by atoms with Crippen molar-refractivity contribution in [2.24, 2.45) is 5.73 Å². The summed E-state index contributed by atoms with van der Waals surface area (Å²) < 4.78 is 0. The Morgan fingerprint density at radius 3 is 2.79 bits per heavy atom. The lowest BCUT2D eigenvalue weighted by Crippen LogP contribution is -2.37. The fourth-order valence-electron chi connectivity index (χ4n) is 2.66. The number of hydrogen-bond donors (Lipinski definition) is 2. The average molecular weight is 322 g/mol. The van der Waals surface area contributed by atoms with Gasteiger partial charge in [0, 0.05) is 42.4 Å². The summed E-state index contributed by atoms with van der Waals surface area (Å²) in [7, 11) is 0. The molecule has 0 bridgehead atoms. The number of rotatable bonds is 4. The maximum absolute atomic E-state index is 12.1. The van der Waals surface area contributed by atoms with Gasteiger partial charge < -0.3 is 10.7 Å². The van der Waals surface area contributed by atoms with Crippen LogP contribution in [-0.4, -0.2) is 39.8 Å². The number of para-hydroxylation sites is 1. The number of benzene rings is 1. The summed E-state index contributed by atoms with van der Waals surface area (Å²) in [4.78, 5) is 32.3. The summed E-state index contributed by atoms with van der Waals surface area (Å²) in [6.07, 6.45) is 4.69. The van der Waals surface area contributed by atoms with Crippen molar-refractivity contribution in [3.63, 3.8) is 0 Å². The molecular weight excluding hydrogens is 304 g/mol. The molecular formula is C18H18N4O2. The Kier molecular flexibility index (Phi) is 4.39. The molecule has 0 aliphatic heterocycles. The minimum atomic E-state index is -0.395. The third-order valence-corrected chi connectivity index (χ3v) is 3.81. The van der Waals surface area contributed by atoms with E-state index in [1.807, 2.05) is 30.3 Å². The number of nitrogens with one attached hydrogen (secondary N) is 1. The maximum Gasteiger partial charge on any atom is 0.253 e. The number of nitrogens with two attached hydrogens (primary N) is 1. The van der Waals surface area contributed by atoms with Gasteiger partial charge in [0.05, 0.1) is 17.4 Å². The van der Waals surface area contributed by atoms with Gasteiger partial charge in [-0.05, 0) is 18.2 Å². The molecule has 3 rings (SSSR count). The van der Waals surface area contributed by atoms with Gasteiger partial charge in [0.15, 0.2) is 0 Å². The molecule has 2 heterocycles. The van der Waals surface area contributed by atoms with Gasteiger partial charge in [0.25, 0.3) is 5.91 Å². The van der Waals surface area contributed by atoms with Gasteiger partial charge in [-0.2, -0.15) is 0 Å². The number of H-pyrrole nitrogens is 1. The van der Waals surface area contributed by atoms with Crippen molar-refractivity contribution in [2.75, 3.05) is 13.1 Å². The van der Waals surface area contributed by atoms with Gasteiger partial charge in [0.1, 0.15) is 0 Å². The van der Waals surface area contributed by atoms with Crippen LogP contribution in [0, 0.1) is 0 Å². The molecule has 0 spiro atoms. The summed E-state index contributed by atoms with van der Waals surface area (Å²) in [5, 5.41) is 2.14. The monoisotopic (exact) mass is 322 g/mol. The topological polar surface area (TPSA) is 92.1 Å². The molecule has 2 amide bonds. The summed E-state index contributed by atoms with van der Waals surface area (Å²) in [6.45, 7) is 1.78. The smallest absolute Gasteiger partial charge is 0.253 e. The van der Waals surface area contributed by atoms with E-state index in [4.69, 9.17) is 5.73 Å². The minimum absolute atomic E-state index is 0.202. The highest BCUT2D eigenvalue weighted by Gasteiger charge is 2.14. The van der Waals surface area contributed by atoms with E-state index in [-0.39, 0.29) is 19.0 Å². The molecule has 3 aromatic rings. The zero-order valence-electron chi connectivity index (χ0n) is 13.3. The van der Waals surface area contributed by atoms with Crippen LogP contribution < -0.4 is 5.73 Å².